The number of benzene rings is 1. The minimum absolute atomic E-state index is 0.000650. The Kier molecular flexibility index (Phi) is 5.03. The average molecular weight is 393 g/mol. The molecule has 126 valence electrons. The number of rotatable bonds is 3. The summed E-state index contributed by atoms with van der Waals surface area (Å²) < 4.78 is 41.0. The zero-order chi connectivity index (χ0) is 17.4. The van der Waals surface area contributed by atoms with Gasteiger partial charge in [0.25, 0.3) is 0 Å². The summed E-state index contributed by atoms with van der Waals surface area (Å²) in [7, 11) is 1.15. The van der Waals surface area contributed by atoms with Crippen LogP contribution in [0.3, 0.4) is 0 Å². The summed E-state index contributed by atoms with van der Waals surface area (Å²) in [5, 5.41) is 0. The van der Waals surface area contributed by atoms with Crippen LogP contribution in [-0.4, -0.2) is 47.9 Å². The molecule has 0 aromatic heterocycles. The molecule has 23 heavy (non-hydrogen) atoms. The van der Waals surface area contributed by atoms with Crippen molar-refractivity contribution in [3.63, 3.8) is 0 Å². The molecule has 1 aliphatic rings. The van der Waals surface area contributed by atoms with Crippen LogP contribution < -0.4 is 0 Å². The number of hydrogen-bond acceptors (Lipinski definition) is 2. The third kappa shape index (κ3) is 3.85. The predicted octanol–water partition coefficient (Wildman–Crippen LogP) is 2.99. The van der Waals surface area contributed by atoms with Crippen LogP contribution in [0.2, 0.25) is 0 Å². The first-order valence-corrected chi connectivity index (χ1v) is 7.75. The summed E-state index contributed by atoms with van der Waals surface area (Å²) in [5.41, 5.74) is -0.000650. The first-order chi connectivity index (χ1) is 10.6. The van der Waals surface area contributed by atoms with Gasteiger partial charge in [0, 0.05) is 31.5 Å². The van der Waals surface area contributed by atoms with E-state index in [0.717, 1.165) is 11.9 Å². The van der Waals surface area contributed by atoms with Gasteiger partial charge in [-0.1, -0.05) is 28.1 Å². The Hall–Kier alpha value is -1.57. The molecule has 1 aliphatic heterocycles. The molecule has 1 atom stereocenters. The van der Waals surface area contributed by atoms with E-state index in [0.29, 0.717) is 4.47 Å². The maximum Gasteiger partial charge on any atom is 0.413 e. The van der Waals surface area contributed by atoms with Crippen molar-refractivity contribution in [2.24, 2.45) is 5.92 Å². The van der Waals surface area contributed by atoms with Crippen molar-refractivity contribution in [3.8, 4) is 0 Å². The number of halogens is 4. The Bertz CT molecular complexity index is 598. The van der Waals surface area contributed by atoms with Gasteiger partial charge in [-0.25, -0.2) is 0 Å². The van der Waals surface area contributed by atoms with Gasteiger partial charge in [0.15, 0.2) is 6.04 Å². The Morgan fingerprint density at radius 2 is 1.78 bits per heavy atom. The van der Waals surface area contributed by atoms with E-state index in [1.807, 2.05) is 0 Å². The van der Waals surface area contributed by atoms with Gasteiger partial charge in [-0.15, -0.1) is 0 Å². The first kappa shape index (κ1) is 17.8. The molecule has 1 saturated heterocycles. The maximum absolute atomic E-state index is 13.4. The molecule has 1 fully saturated rings. The molecule has 1 aromatic rings. The van der Waals surface area contributed by atoms with Crippen LogP contribution in [0.1, 0.15) is 18.5 Å². The van der Waals surface area contributed by atoms with Crippen molar-refractivity contribution in [2.75, 3.05) is 20.1 Å². The molecule has 0 saturated carbocycles. The Labute approximate surface area is 140 Å². The number of carbonyl (C=O) groups excluding carboxylic acids is 2. The second-order valence-electron chi connectivity index (χ2n) is 5.57. The van der Waals surface area contributed by atoms with E-state index in [1.165, 1.54) is 36.1 Å². The fourth-order valence-electron chi connectivity index (χ4n) is 2.58. The van der Waals surface area contributed by atoms with Gasteiger partial charge < -0.3 is 9.80 Å². The normalized spacial score (nSPS) is 16.7. The molecule has 0 radical (unpaired) electrons. The van der Waals surface area contributed by atoms with Crippen molar-refractivity contribution in [3.05, 3.63) is 34.3 Å². The fourth-order valence-corrected chi connectivity index (χ4v) is 2.85. The SMILES string of the molecule is CC(=O)N1CC(C(=O)N(C)C(c2ccc(Br)cc2)C(F)(F)F)C1. The number of amides is 2. The highest BCUT2D eigenvalue weighted by molar-refractivity contribution is 9.10. The lowest BCUT2D eigenvalue weighted by Crippen LogP contribution is -2.56. The zero-order valence-electron chi connectivity index (χ0n) is 12.6. The third-order valence-electron chi connectivity index (χ3n) is 3.91. The molecule has 8 heteroatoms. The van der Waals surface area contributed by atoms with Crippen LogP contribution in [0.4, 0.5) is 13.2 Å². The second kappa shape index (κ2) is 6.51. The standard InChI is InChI=1S/C15H16BrF3N2O2/c1-9(22)21-7-11(8-21)14(23)20(2)13(15(17,18)19)10-3-5-12(16)6-4-10/h3-6,11,13H,7-8H2,1-2H3. The van der Waals surface area contributed by atoms with Crippen molar-refractivity contribution in [1.82, 2.24) is 9.80 Å². The summed E-state index contributed by atoms with van der Waals surface area (Å²) in [6.45, 7) is 1.71. The Balaban J connectivity index is 2.18. The summed E-state index contributed by atoms with van der Waals surface area (Å²) in [5.74, 6) is -1.37. The Morgan fingerprint density at radius 3 is 2.22 bits per heavy atom. The highest BCUT2D eigenvalue weighted by atomic mass is 79.9. The third-order valence-corrected chi connectivity index (χ3v) is 4.44. The van der Waals surface area contributed by atoms with Gasteiger partial charge in [-0.2, -0.15) is 13.2 Å². The highest BCUT2D eigenvalue weighted by Crippen LogP contribution is 2.38. The number of carbonyl (C=O) groups is 2. The lowest BCUT2D eigenvalue weighted by molar-refractivity contribution is -0.192. The van der Waals surface area contributed by atoms with Gasteiger partial charge in [-0.05, 0) is 17.7 Å². The van der Waals surface area contributed by atoms with Crippen molar-refractivity contribution in [1.29, 1.82) is 0 Å². The van der Waals surface area contributed by atoms with E-state index in [9.17, 15) is 22.8 Å². The lowest BCUT2D eigenvalue weighted by atomic mass is 9.96. The topological polar surface area (TPSA) is 40.6 Å². The molecular weight excluding hydrogens is 377 g/mol. The molecule has 1 unspecified atom stereocenters. The van der Waals surface area contributed by atoms with E-state index in [1.54, 1.807) is 0 Å². The largest absolute Gasteiger partial charge is 0.413 e. The van der Waals surface area contributed by atoms with E-state index >= 15 is 0 Å². The van der Waals surface area contributed by atoms with Crippen LogP contribution in [0.5, 0.6) is 0 Å². The molecule has 1 aromatic carbocycles. The maximum atomic E-state index is 13.4. The number of hydrogen-bond donors (Lipinski definition) is 0. The molecule has 0 bridgehead atoms. The van der Waals surface area contributed by atoms with Crippen LogP contribution in [0, 0.1) is 5.92 Å². The number of nitrogens with zero attached hydrogens (tertiary/aromatic N) is 2. The Morgan fingerprint density at radius 1 is 1.26 bits per heavy atom. The van der Waals surface area contributed by atoms with Crippen LogP contribution in [-0.2, 0) is 9.59 Å². The predicted molar refractivity (Wildman–Crippen MR) is 81.5 cm³/mol. The van der Waals surface area contributed by atoms with Gasteiger partial charge in [0.05, 0.1) is 5.92 Å². The summed E-state index contributed by atoms with van der Waals surface area (Å²) in [6.07, 6.45) is -4.58. The minimum atomic E-state index is -4.58. The van der Waals surface area contributed by atoms with Crippen molar-refractivity contribution in [2.45, 2.75) is 19.1 Å². The van der Waals surface area contributed by atoms with Crippen LogP contribution in [0.25, 0.3) is 0 Å². The molecular formula is C15H16BrF3N2O2. The molecule has 1 heterocycles. The number of alkyl halides is 3. The van der Waals surface area contributed by atoms with Crippen molar-refractivity contribution < 1.29 is 22.8 Å². The second-order valence-corrected chi connectivity index (χ2v) is 6.48. The molecule has 0 N–H and O–H groups in total. The van der Waals surface area contributed by atoms with Gasteiger partial charge >= 0.3 is 6.18 Å². The molecule has 2 rings (SSSR count). The minimum Gasteiger partial charge on any atom is -0.341 e. The quantitative estimate of drug-likeness (QED) is 0.793. The summed E-state index contributed by atoms with van der Waals surface area (Å²) >= 11 is 3.18. The molecule has 0 aliphatic carbocycles. The smallest absolute Gasteiger partial charge is 0.341 e. The number of likely N-dealkylation sites (tertiary alicyclic amines) is 1. The zero-order valence-corrected chi connectivity index (χ0v) is 14.2. The monoisotopic (exact) mass is 392 g/mol. The first-order valence-electron chi connectivity index (χ1n) is 6.95. The molecule has 4 nitrogen and oxygen atoms in total. The van der Waals surface area contributed by atoms with E-state index in [-0.39, 0.29) is 24.6 Å². The van der Waals surface area contributed by atoms with E-state index in [4.69, 9.17) is 0 Å². The molecule has 0 spiro atoms. The highest BCUT2D eigenvalue weighted by Gasteiger charge is 2.47. The van der Waals surface area contributed by atoms with E-state index < -0.39 is 24.0 Å². The summed E-state index contributed by atoms with van der Waals surface area (Å²) in [4.78, 5) is 25.6. The molecule has 2 amide bonds. The van der Waals surface area contributed by atoms with Gasteiger partial charge in [-0.3, -0.25) is 9.59 Å². The average Bonchev–Trinajstić information content (AvgIpc) is 2.37. The fraction of sp³-hybridized carbons (Fsp3) is 0.467. The van der Waals surface area contributed by atoms with E-state index in [2.05, 4.69) is 15.9 Å². The van der Waals surface area contributed by atoms with Crippen molar-refractivity contribution >= 4 is 27.7 Å². The van der Waals surface area contributed by atoms with Crippen LogP contribution >= 0.6 is 15.9 Å². The lowest BCUT2D eigenvalue weighted by Gasteiger charge is -2.41. The van der Waals surface area contributed by atoms with Gasteiger partial charge in [0.2, 0.25) is 11.8 Å². The van der Waals surface area contributed by atoms with Crippen LogP contribution in [0.15, 0.2) is 28.7 Å². The summed E-state index contributed by atoms with van der Waals surface area (Å²) in [6, 6.07) is 3.69. The van der Waals surface area contributed by atoms with Gasteiger partial charge in [0.1, 0.15) is 0 Å².